The number of hydrogen-bond acceptors (Lipinski definition) is 6. The molecule has 2 amide bonds. The van der Waals surface area contributed by atoms with E-state index in [1.54, 1.807) is 14.0 Å². The Bertz CT molecular complexity index is 801. The normalized spacial score (nSPS) is 31.5. The van der Waals surface area contributed by atoms with Gasteiger partial charge in [0.25, 0.3) is 0 Å². The number of aliphatic carboxylic acids is 1. The number of carbonyl (C=O) groups excluding carboxylic acids is 3. The number of esters is 1. The molecule has 10 nitrogen and oxygen atoms in total. The fourth-order valence-corrected chi connectivity index (χ4v) is 4.43. The van der Waals surface area contributed by atoms with Crippen LogP contribution in [0.15, 0.2) is 4.99 Å². The Balaban J connectivity index is 0.000000396. The molecule has 4 atom stereocenters. The minimum absolute atomic E-state index is 0.226. The number of hydrogen-bond donors (Lipinski definition) is 1. The maximum absolute atomic E-state index is 12.6. The minimum atomic E-state index is -5.08. The molecular weight excluding hydrogens is 413 g/mol. The molecule has 13 heteroatoms. The molecule has 0 aromatic carbocycles. The van der Waals surface area contributed by atoms with Crippen molar-refractivity contribution in [1.82, 2.24) is 14.7 Å². The first-order valence-corrected chi connectivity index (χ1v) is 8.99. The molecule has 0 saturated carbocycles. The molecule has 0 aromatic rings. The summed E-state index contributed by atoms with van der Waals surface area (Å²) in [7, 11) is 4.44. The zero-order valence-electron chi connectivity index (χ0n) is 17.1. The second-order valence-electron chi connectivity index (χ2n) is 7.18. The number of rotatable bonds is 2. The standard InChI is InChI=1S/C15H22N4O4.C2HF3O2/c1-6-18-7-8-9-10(12(21)17(4)11(9)20)15(2,13(22)23-5)19(8)14(18)16-3;3-2(4,5)1(6)7/h8-10H,6-7H2,1-5H3;(H,6,7)/t8-,9+,10-,15-;/m1./s1. The smallest absolute Gasteiger partial charge is 0.475 e. The first-order valence-electron chi connectivity index (χ1n) is 8.99. The Hall–Kier alpha value is -2.86. The van der Waals surface area contributed by atoms with Crippen molar-refractivity contribution < 1.29 is 42.2 Å². The highest BCUT2D eigenvalue weighted by Gasteiger charge is 2.72. The lowest BCUT2D eigenvalue weighted by Crippen LogP contribution is -2.58. The van der Waals surface area contributed by atoms with Gasteiger partial charge in [-0.1, -0.05) is 0 Å². The number of methoxy groups -OCH3 is 1. The van der Waals surface area contributed by atoms with E-state index in [1.807, 2.05) is 16.7 Å². The van der Waals surface area contributed by atoms with Crippen LogP contribution in [0.1, 0.15) is 13.8 Å². The summed E-state index contributed by atoms with van der Waals surface area (Å²) in [4.78, 5) is 56.1. The van der Waals surface area contributed by atoms with E-state index in [0.29, 0.717) is 19.0 Å². The van der Waals surface area contributed by atoms with Crippen LogP contribution in [0.2, 0.25) is 0 Å². The van der Waals surface area contributed by atoms with Crippen LogP contribution in [0, 0.1) is 11.8 Å². The summed E-state index contributed by atoms with van der Waals surface area (Å²) in [5.74, 6) is -4.43. The molecular formula is C17H23F3N4O6. The number of aliphatic imine (C=N–C) groups is 1. The van der Waals surface area contributed by atoms with E-state index in [-0.39, 0.29) is 17.9 Å². The average Bonchev–Trinajstić information content (AvgIpc) is 3.25. The number of amides is 2. The van der Waals surface area contributed by atoms with E-state index < -0.39 is 35.5 Å². The predicted octanol–water partition coefficient (Wildman–Crippen LogP) is -0.212. The summed E-state index contributed by atoms with van der Waals surface area (Å²) in [6.45, 7) is 4.97. The average molecular weight is 436 g/mol. The topological polar surface area (TPSA) is 120 Å². The van der Waals surface area contributed by atoms with Crippen molar-refractivity contribution in [3.63, 3.8) is 0 Å². The monoisotopic (exact) mass is 436 g/mol. The number of carboxylic acids is 1. The van der Waals surface area contributed by atoms with E-state index in [0.717, 1.165) is 4.90 Å². The molecule has 3 rings (SSSR count). The number of carbonyl (C=O) groups is 4. The van der Waals surface area contributed by atoms with Crippen LogP contribution in [-0.4, -0.2) is 102 Å². The minimum Gasteiger partial charge on any atom is -0.475 e. The lowest BCUT2D eigenvalue weighted by molar-refractivity contribution is -0.192. The number of likely N-dealkylation sites (tertiary alicyclic amines) is 1. The Morgan fingerprint density at radius 2 is 1.83 bits per heavy atom. The van der Waals surface area contributed by atoms with Crippen molar-refractivity contribution in [2.24, 2.45) is 16.8 Å². The largest absolute Gasteiger partial charge is 0.490 e. The summed E-state index contributed by atoms with van der Waals surface area (Å²) in [6, 6.07) is -0.246. The van der Waals surface area contributed by atoms with E-state index in [9.17, 15) is 27.6 Å². The molecule has 3 aliphatic rings. The first kappa shape index (κ1) is 23.4. The van der Waals surface area contributed by atoms with E-state index in [4.69, 9.17) is 14.6 Å². The Labute approximate surface area is 170 Å². The number of nitrogens with zero attached hydrogens (tertiary/aromatic N) is 4. The zero-order chi connectivity index (χ0) is 23.2. The SMILES string of the molecule is CCN1C[C@@H]2[C@@H]3C(=O)N(C)C(=O)[C@@H]3[C@](C)(C(=O)OC)N2C1=NC.O=C(O)C(F)(F)F. The molecule has 0 aliphatic carbocycles. The molecule has 0 spiro atoms. The highest BCUT2D eigenvalue weighted by atomic mass is 19.4. The summed E-state index contributed by atoms with van der Waals surface area (Å²) < 4.78 is 36.7. The van der Waals surface area contributed by atoms with Crippen LogP contribution >= 0.6 is 0 Å². The van der Waals surface area contributed by atoms with Gasteiger partial charge in [0, 0.05) is 27.2 Å². The number of ether oxygens (including phenoxy) is 1. The predicted molar refractivity (Wildman–Crippen MR) is 95.1 cm³/mol. The number of imide groups is 1. The Morgan fingerprint density at radius 3 is 2.23 bits per heavy atom. The molecule has 3 fully saturated rings. The zero-order valence-corrected chi connectivity index (χ0v) is 17.1. The fraction of sp³-hybridized carbons (Fsp3) is 0.706. The van der Waals surface area contributed by atoms with Crippen molar-refractivity contribution in [2.45, 2.75) is 31.6 Å². The van der Waals surface area contributed by atoms with Crippen LogP contribution in [0.25, 0.3) is 0 Å². The molecule has 1 N–H and O–H groups in total. The van der Waals surface area contributed by atoms with Crippen LogP contribution in [0.5, 0.6) is 0 Å². The molecule has 3 aliphatic heterocycles. The third kappa shape index (κ3) is 3.25. The van der Waals surface area contributed by atoms with Crippen molar-refractivity contribution in [3.8, 4) is 0 Å². The second kappa shape index (κ2) is 7.76. The van der Waals surface area contributed by atoms with Gasteiger partial charge >= 0.3 is 18.1 Å². The van der Waals surface area contributed by atoms with Gasteiger partial charge in [-0.25, -0.2) is 9.59 Å². The highest BCUT2D eigenvalue weighted by molar-refractivity contribution is 6.11. The summed E-state index contributed by atoms with van der Waals surface area (Å²) >= 11 is 0. The van der Waals surface area contributed by atoms with Crippen molar-refractivity contribution in [1.29, 1.82) is 0 Å². The maximum Gasteiger partial charge on any atom is 0.490 e. The van der Waals surface area contributed by atoms with Gasteiger partial charge in [0.15, 0.2) is 11.5 Å². The van der Waals surface area contributed by atoms with Gasteiger partial charge < -0.3 is 19.6 Å². The number of halogens is 3. The first-order chi connectivity index (χ1) is 13.8. The van der Waals surface area contributed by atoms with Gasteiger partial charge in [-0.05, 0) is 13.8 Å². The molecule has 3 saturated heterocycles. The molecule has 3 heterocycles. The summed E-state index contributed by atoms with van der Waals surface area (Å²) in [6.07, 6.45) is -5.08. The second-order valence-corrected chi connectivity index (χ2v) is 7.18. The Kier molecular flexibility index (Phi) is 6.06. The molecule has 0 aromatic heterocycles. The lowest BCUT2D eigenvalue weighted by atomic mass is 9.81. The van der Waals surface area contributed by atoms with Crippen molar-refractivity contribution in [3.05, 3.63) is 0 Å². The number of guanidine groups is 1. The van der Waals surface area contributed by atoms with Crippen LogP contribution in [0.3, 0.4) is 0 Å². The molecule has 0 bridgehead atoms. The number of carboxylic acid groups (broad SMARTS) is 1. The van der Waals surface area contributed by atoms with Gasteiger partial charge in [0.05, 0.1) is 25.0 Å². The highest BCUT2D eigenvalue weighted by Crippen LogP contribution is 2.51. The van der Waals surface area contributed by atoms with Crippen molar-refractivity contribution >= 4 is 29.7 Å². The van der Waals surface area contributed by atoms with Gasteiger partial charge in [0.1, 0.15) is 0 Å². The van der Waals surface area contributed by atoms with Crippen molar-refractivity contribution in [2.75, 3.05) is 34.3 Å². The third-order valence-electron chi connectivity index (χ3n) is 5.75. The molecule has 0 radical (unpaired) electrons. The molecule has 30 heavy (non-hydrogen) atoms. The molecule has 168 valence electrons. The van der Waals surface area contributed by atoms with E-state index >= 15 is 0 Å². The number of likely N-dealkylation sites (N-methyl/N-ethyl adjacent to an activating group) is 1. The van der Waals surface area contributed by atoms with Crippen LogP contribution in [0.4, 0.5) is 13.2 Å². The Morgan fingerprint density at radius 1 is 1.30 bits per heavy atom. The summed E-state index contributed by atoms with van der Waals surface area (Å²) in [5, 5.41) is 7.12. The van der Waals surface area contributed by atoms with Gasteiger partial charge in [-0.15, -0.1) is 0 Å². The maximum atomic E-state index is 12.6. The summed E-state index contributed by atoms with van der Waals surface area (Å²) in [5.41, 5.74) is -1.22. The van der Waals surface area contributed by atoms with Gasteiger partial charge in [0.2, 0.25) is 11.8 Å². The van der Waals surface area contributed by atoms with Crippen LogP contribution in [-0.2, 0) is 23.9 Å². The van der Waals surface area contributed by atoms with Gasteiger partial charge in [-0.3, -0.25) is 19.5 Å². The lowest BCUT2D eigenvalue weighted by Gasteiger charge is -2.37. The molecule has 0 unspecified atom stereocenters. The van der Waals surface area contributed by atoms with E-state index in [1.165, 1.54) is 14.2 Å². The number of fused-ring (bicyclic) bond motifs is 3. The van der Waals surface area contributed by atoms with Crippen LogP contribution < -0.4 is 0 Å². The fourth-order valence-electron chi connectivity index (χ4n) is 4.43. The quantitative estimate of drug-likeness (QED) is 0.466. The van der Waals surface area contributed by atoms with E-state index in [2.05, 4.69) is 4.99 Å². The van der Waals surface area contributed by atoms with Gasteiger partial charge in [-0.2, -0.15) is 13.2 Å². The number of alkyl halides is 3. The third-order valence-corrected chi connectivity index (χ3v) is 5.75.